The SMILES string of the molecule is CC(C)CCN(CC(=O)c1ccc(F)cc1F)C1CC1. The van der Waals surface area contributed by atoms with E-state index in [9.17, 15) is 13.6 Å². The van der Waals surface area contributed by atoms with Gasteiger partial charge in [0, 0.05) is 12.1 Å². The second-order valence-electron chi connectivity index (χ2n) is 5.93. The first-order valence-corrected chi connectivity index (χ1v) is 7.19. The number of hydrogen-bond donors (Lipinski definition) is 0. The first-order chi connectivity index (χ1) is 9.47. The predicted molar refractivity (Wildman–Crippen MR) is 74.7 cm³/mol. The molecule has 4 heteroatoms. The molecular weight excluding hydrogens is 260 g/mol. The number of hydrogen-bond acceptors (Lipinski definition) is 2. The van der Waals surface area contributed by atoms with Crippen molar-refractivity contribution in [2.24, 2.45) is 5.92 Å². The highest BCUT2D eigenvalue weighted by Crippen LogP contribution is 2.27. The Morgan fingerprint density at radius 2 is 2.05 bits per heavy atom. The average Bonchev–Trinajstić information content (AvgIpc) is 3.18. The summed E-state index contributed by atoms with van der Waals surface area (Å²) < 4.78 is 26.5. The minimum absolute atomic E-state index is 0.0124. The number of ketones is 1. The molecule has 0 heterocycles. The highest BCUT2D eigenvalue weighted by Gasteiger charge is 2.30. The molecule has 0 saturated heterocycles. The van der Waals surface area contributed by atoms with E-state index in [0.29, 0.717) is 12.0 Å². The van der Waals surface area contributed by atoms with E-state index in [-0.39, 0.29) is 17.9 Å². The second-order valence-corrected chi connectivity index (χ2v) is 5.93. The molecule has 0 spiro atoms. The molecule has 0 bridgehead atoms. The number of nitrogens with zero attached hydrogens (tertiary/aromatic N) is 1. The van der Waals surface area contributed by atoms with Crippen LogP contribution in [0.15, 0.2) is 18.2 Å². The summed E-state index contributed by atoms with van der Waals surface area (Å²) in [6.45, 7) is 5.37. The van der Waals surface area contributed by atoms with Crippen molar-refractivity contribution in [3.8, 4) is 0 Å². The van der Waals surface area contributed by atoms with Crippen LogP contribution >= 0.6 is 0 Å². The van der Waals surface area contributed by atoms with Gasteiger partial charge in [-0.2, -0.15) is 0 Å². The predicted octanol–water partition coefficient (Wildman–Crippen LogP) is 3.66. The van der Waals surface area contributed by atoms with Crippen LogP contribution in [0.4, 0.5) is 8.78 Å². The molecule has 1 aliphatic rings. The highest BCUT2D eigenvalue weighted by molar-refractivity contribution is 5.97. The molecule has 2 rings (SSSR count). The molecule has 0 amide bonds. The Morgan fingerprint density at radius 1 is 1.35 bits per heavy atom. The van der Waals surface area contributed by atoms with E-state index < -0.39 is 11.6 Å². The maximum Gasteiger partial charge on any atom is 0.179 e. The van der Waals surface area contributed by atoms with E-state index in [2.05, 4.69) is 18.7 Å². The maximum atomic E-state index is 13.6. The normalized spacial score (nSPS) is 15.1. The number of benzene rings is 1. The topological polar surface area (TPSA) is 20.3 Å². The molecule has 0 radical (unpaired) electrons. The number of rotatable bonds is 7. The first kappa shape index (κ1) is 15.1. The van der Waals surface area contributed by atoms with Crippen molar-refractivity contribution >= 4 is 5.78 Å². The van der Waals surface area contributed by atoms with E-state index in [4.69, 9.17) is 0 Å². The lowest BCUT2D eigenvalue weighted by atomic mass is 10.1. The lowest BCUT2D eigenvalue weighted by Gasteiger charge is -2.22. The summed E-state index contributed by atoms with van der Waals surface area (Å²) in [6.07, 6.45) is 3.24. The summed E-state index contributed by atoms with van der Waals surface area (Å²) in [5.74, 6) is -1.11. The van der Waals surface area contributed by atoms with Crippen LogP contribution in [0.5, 0.6) is 0 Å². The molecule has 0 atom stereocenters. The maximum absolute atomic E-state index is 13.6. The van der Waals surface area contributed by atoms with E-state index in [1.165, 1.54) is 6.07 Å². The summed E-state index contributed by atoms with van der Waals surface area (Å²) in [4.78, 5) is 14.3. The van der Waals surface area contributed by atoms with Gasteiger partial charge in [0.1, 0.15) is 11.6 Å². The number of carbonyl (C=O) groups excluding carboxylic acids is 1. The van der Waals surface area contributed by atoms with Crippen LogP contribution in [-0.4, -0.2) is 29.8 Å². The standard InChI is InChI=1S/C16H21F2NO/c1-11(2)7-8-19(13-4-5-13)10-16(20)14-6-3-12(17)9-15(14)18/h3,6,9,11,13H,4-5,7-8,10H2,1-2H3. The highest BCUT2D eigenvalue weighted by atomic mass is 19.1. The van der Waals surface area contributed by atoms with Crippen molar-refractivity contribution in [1.82, 2.24) is 4.90 Å². The summed E-state index contributed by atoms with van der Waals surface area (Å²) in [6, 6.07) is 3.59. The van der Waals surface area contributed by atoms with Crippen molar-refractivity contribution in [2.75, 3.05) is 13.1 Å². The van der Waals surface area contributed by atoms with Gasteiger partial charge in [-0.25, -0.2) is 8.78 Å². The lowest BCUT2D eigenvalue weighted by molar-refractivity contribution is 0.0916. The number of halogens is 2. The van der Waals surface area contributed by atoms with Gasteiger partial charge in [0.2, 0.25) is 0 Å². The molecule has 1 fully saturated rings. The van der Waals surface area contributed by atoms with E-state index in [1.807, 2.05) is 0 Å². The number of Topliss-reactive ketones (excluding diaryl/α,β-unsaturated/α-hetero) is 1. The van der Waals surface area contributed by atoms with Crippen molar-refractivity contribution in [2.45, 2.75) is 39.2 Å². The lowest BCUT2D eigenvalue weighted by Crippen LogP contribution is -2.33. The summed E-state index contributed by atoms with van der Waals surface area (Å²) in [5.41, 5.74) is -0.0124. The van der Waals surface area contributed by atoms with Crippen LogP contribution in [0.25, 0.3) is 0 Å². The zero-order valence-electron chi connectivity index (χ0n) is 12.0. The molecular formula is C16H21F2NO. The van der Waals surface area contributed by atoms with Crippen molar-refractivity contribution in [3.05, 3.63) is 35.4 Å². The second kappa shape index (κ2) is 6.44. The monoisotopic (exact) mass is 281 g/mol. The molecule has 2 nitrogen and oxygen atoms in total. The fraction of sp³-hybridized carbons (Fsp3) is 0.562. The summed E-state index contributed by atoms with van der Waals surface area (Å²) in [5, 5.41) is 0. The van der Waals surface area contributed by atoms with Crippen LogP contribution in [0.1, 0.15) is 43.5 Å². The third-order valence-corrected chi connectivity index (χ3v) is 3.64. The van der Waals surface area contributed by atoms with E-state index in [0.717, 1.165) is 37.9 Å². The Kier molecular flexibility index (Phi) is 4.86. The molecule has 0 aliphatic heterocycles. The van der Waals surface area contributed by atoms with E-state index >= 15 is 0 Å². The number of carbonyl (C=O) groups is 1. The van der Waals surface area contributed by atoms with Crippen LogP contribution in [0, 0.1) is 17.6 Å². The van der Waals surface area contributed by atoms with Gasteiger partial charge in [0.25, 0.3) is 0 Å². The third-order valence-electron chi connectivity index (χ3n) is 3.64. The van der Waals surface area contributed by atoms with Gasteiger partial charge in [0.15, 0.2) is 5.78 Å². The van der Waals surface area contributed by atoms with Crippen LogP contribution in [-0.2, 0) is 0 Å². The van der Waals surface area contributed by atoms with Gasteiger partial charge in [-0.1, -0.05) is 13.8 Å². The zero-order valence-corrected chi connectivity index (χ0v) is 12.0. The first-order valence-electron chi connectivity index (χ1n) is 7.19. The molecule has 0 unspecified atom stereocenters. The van der Waals surface area contributed by atoms with Crippen LogP contribution in [0.3, 0.4) is 0 Å². The molecule has 1 aliphatic carbocycles. The van der Waals surface area contributed by atoms with Gasteiger partial charge in [0.05, 0.1) is 12.1 Å². The van der Waals surface area contributed by atoms with Gasteiger partial charge >= 0.3 is 0 Å². The fourth-order valence-electron chi connectivity index (χ4n) is 2.24. The summed E-state index contributed by atoms with van der Waals surface area (Å²) in [7, 11) is 0. The van der Waals surface area contributed by atoms with Crippen molar-refractivity contribution in [1.29, 1.82) is 0 Å². The Labute approximate surface area is 118 Å². The van der Waals surface area contributed by atoms with Crippen LogP contribution in [0.2, 0.25) is 0 Å². The quantitative estimate of drug-likeness (QED) is 0.711. The molecule has 1 saturated carbocycles. The largest absolute Gasteiger partial charge is 0.293 e. The minimum atomic E-state index is -0.769. The third kappa shape index (κ3) is 4.10. The molecule has 20 heavy (non-hydrogen) atoms. The average molecular weight is 281 g/mol. The molecule has 110 valence electrons. The van der Waals surface area contributed by atoms with E-state index in [1.54, 1.807) is 0 Å². The van der Waals surface area contributed by atoms with Crippen molar-refractivity contribution < 1.29 is 13.6 Å². The molecule has 1 aromatic rings. The Balaban J connectivity index is 2.00. The van der Waals surface area contributed by atoms with Gasteiger partial charge in [-0.15, -0.1) is 0 Å². The van der Waals surface area contributed by atoms with Crippen molar-refractivity contribution in [3.63, 3.8) is 0 Å². The smallest absolute Gasteiger partial charge is 0.179 e. The fourth-order valence-corrected chi connectivity index (χ4v) is 2.24. The zero-order chi connectivity index (χ0) is 14.7. The van der Waals surface area contributed by atoms with Gasteiger partial charge < -0.3 is 0 Å². The molecule has 1 aromatic carbocycles. The summed E-state index contributed by atoms with van der Waals surface area (Å²) >= 11 is 0. The molecule has 0 N–H and O–H groups in total. The van der Waals surface area contributed by atoms with Gasteiger partial charge in [-0.3, -0.25) is 9.69 Å². The van der Waals surface area contributed by atoms with Crippen LogP contribution < -0.4 is 0 Å². The minimum Gasteiger partial charge on any atom is -0.293 e. The molecule has 0 aromatic heterocycles. The Morgan fingerprint density at radius 3 is 2.60 bits per heavy atom. The Bertz CT molecular complexity index is 483. The Hall–Kier alpha value is -1.29. The van der Waals surface area contributed by atoms with Gasteiger partial charge in [-0.05, 0) is 43.9 Å².